The van der Waals surface area contributed by atoms with Gasteiger partial charge in [-0.2, -0.15) is 0 Å². The van der Waals surface area contributed by atoms with Crippen molar-refractivity contribution >= 4 is 11.0 Å². The summed E-state index contributed by atoms with van der Waals surface area (Å²) in [5, 5.41) is 12.2. The molecule has 0 bridgehead atoms. The highest BCUT2D eigenvalue weighted by molar-refractivity contribution is 5.85. The summed E-state index contributed by atoms with van der Waals surface area (Å²) in [6.07, 6.45) is 0. The molecule has 1 aromatic heterocycles. The molecule has 3 aromatic rings. The maximum atomic E-state index is 12.7. The van der Waals surface area contributed by atoms with Crippen LogP contribution >= 0.6 is 0 Å². The Morgan fingerprint density at radius 3 is 2.57 bits per heavy atom. The summed E-state index contributed by atoms with van der Waals surface area (Å²) >= 11 is 0. The first-order chi connectivity index (χ1) is 13.5. The Morgan fingerprint density at radius 2 is 1.89 bits per heavy atom. The van der Waals surface area contributed by atoms with Crippen LogP contribution in [-0.2, 0) is 0 Å². The Kier molecular flexibility index (Phi) is 4.23. The molecule has 0 fully saturated rings. The predicted octanol–water partition coefficient (Wildman–Crippen LogP) is 3.12. The van der Waals surface area contributed by atoms with Crippen LogP contribution in [0.25, 0.3) is 11.0 Å². The van der Waals surface area contributed by atoms with Crippen molar-refractivity contribution in [1.82, 2.24) is 0 Å². The minimum Gasteiger partial charge on any atom is -0.494 e. The molecule has 0 saturated heterocycles. The van der Waals surface area contributed by atoms with Gasteiger partial charge in [0.2, 0.25) is 0 Å². The molecule has 8 heteroatoms. The van der Waals surface area contributed by atoms with Gasteiger partial charge >= 0.3 is 11.3 Å². The fraction of sp³-hybridized carbons (Fsp3) is 0.150. The van der Waals surface area contributed by atoms with E-state index in [0.29, 0.717) is 28.9 Å². The zero-order valence-electron chi connectivity index (χ0n) is 14.9. The second kappa shape index (κ2) is 6.73. The molecule has 1 aliphatic heterocycles. The Hall–Kier alpha value is -3.81. The van der Waals surface area contributed by atoms with Gasteiger partial charge in [-0.1, -0.05) is 24.3 Å². The largest absolute Gasteiger partial charge is 0.494 e. The van der Waals surface area contributed by atoms with Gasteiger partial charge in [0.15, 0.2) is 5.75 Å². The minimum atomic E-state index is -1.03. The van der Waals surface area contributed by atoms with Crippen LogP contribution in [0, 0.1) is 10.1 Å². The quantitative estimate of drug-likeness (QED) is 0.420. The molecule has 0 amide bonds. The molecule has 0 saturated carbocycles. The van der Waals surface area contributed by atoms with Crippen molar-refractivity contribution < 1.29 is 18.8 Å². The van der Waals surface area contributed by atoms with Crippen LogP contribution < -0.4 is 20.8 Å². The standard InChI is InChI=1S/C20H16N2O6/c1-2-26-12-9-7-11(8-10-12)15-16-18(28-19(21)17(15)22(24)25)13-5-3-4-6-14(13)27-20(16)23/h3-10,15H,2,21H2,1H3/t15-/m1/s1. The van der Waals surface area contributed by atoms with Crippen LogP contribution in [0.4, 0.5) is 0 Å². The van der Waals surface area contributed by atoms with E-state index in [1.165, 1.54) is 0 Å². The van der Waals surface area contributed by atoms with E-state index in [-0.39, 0.29) is 17.2 Å². The summed E-state index contributed by atoms with van der Waals surface area (Å²) in [6.45, 7) is 2.34. The molecule has 0 aliphatic carbocycles. The topological polar surface area (TPSA) is 118 Å². The number of nitro groups is 1. The molecule has 28 heavy (non-hydrogen) atoms. The lowest BCUT2D eigenvalue weighted by Crippen LogP contribution is -2.29. The monoisotopic (exact) mass is 380 g/mol. The zero-order valence-corrected chi connectivity index (χ0v) is 14.9. The lowest BCUT2D eigenvalue weighted by atomic mass is 9.87. The minimum absolute atomic E-state index is 0.0451. The van der Waals surface area contributed by atoms with Gasteiger partial charge in [-0.05, 0) is 36.8 Å². The number of benzene rings is 2. The summed E-state index contributed by atoms with van der Waals surface area (Å²) in [7, 11) is 0. The molecule has 2 heterocycles. The van der Waals surface area contributed by atoms with Gasteiger partial charge in [0.05, 0.1) is 22.5 Å². The van der Waals surface area contributed by atoms with Crippen molar-refractivity contribution in [1.29, 1.82) is 0 Å². The van der Waals surface area contributed by atoms with E-state index >= 15 is 0 Å². The highest BCUT2D eigenvalue weighted by Crippen LogP contribution is 2.43. The number of ether oxygens (including phenoxy) is 2. The van der Waals surface area contributed by atoms with Gasteiger partial charge in [0, 0.05) is 0 Å². The lowest BCUT2D eigenvalue weighted by Gasteiger charge is -2.24. The van der Waals surface area contributed by atoms with E-state index in [2.05, 4.69) is 0 Å². The molecule has 1 aliphatic rings. The van der Waals surface area contributed by atoms with Crippen LogP contribution in [0.3, 0.4) is 0 Å². The van der Waals surface area contributed by atoms with Crippen molar-refractivity contribution in [3.8, 4) is 11.5 Å². The van der Waals surface area contributed by atoms with Gasteiger partial charge in [-0.15, -0.1) is 0 Å². The van der Waals surface area contributed by atoms with Crippen LogP contribution in [0.5, 0.6) is 11.5 Å². The van der Waals surface area contributed by atoms with Crippen LogP contribution in [0.1, 0.15) is 24.0 Å². The average Bonchev–Trinajstić information content (AvgIpc) is 2.67. The van der Waals surface area contributed by atoms with Gasteiger partial charge in [-0.3, -0.25) is 10.1 Å². The van der Waals surface area contributed by atoms with Gasteiger partial charge < -0.3 is 19.6 Å². The summed E-state index contributed by atoms with van der Waals surface area (Å²) in [5.41, 5.74) is 5.65. The van der Waals surface area contributed by atoms with Crippen molar-refractivity contribution in [2.45, 2.75) is 12.8 Å². The number of rotatable bonds is 4. The van der Waals surface area contributed by atoms with Gasteiger partial charge in [0.25, 0.3) is 5.88 Å². The van der Waals surface area contributed by atoms with E-state index in [9.17, 15) is 14.9 Å². The van der Waals surface area contributed by atoms with Gasteiger partial charge in [0.1, 0.15) is 17.3 Å². The number of nitrogens with two attached hydrogens (primary N) is 1. The SMILES string of the molecule is CCOc1ccc([C@H]2C([N+](=O)[O-])=C(N)Oc3c2c(=O)oc2ccccc32)cc1. The third-order valence-corrected chi connectivity index (χ3v) is 4.55. The van der Waals surface area contributed by atoms with Crippen molar-refractivity contribution in [3.05, 3.63) is 91.8 Å². The molecule has 4 rings (SSSR count). The third-order valence-electron chi connectivity index (χ3n) is 4.55. The molecule has 0 spiro atoms. The molecule has 0 unspecified atom stereocenters. The Labute approximate surface area is 158 Å². The molecule has 8 nitrogen and oxygen atoms in total. The number of allylic oxidation sites excluding steroid dienone is 1. The summed E-state index contributed by atoms with van der Waals surface area (Å²) < 4.78 is 16.4. The number of hydrogen-bond donors (Lipinski definition) is 1. The van der Waals surface area contributed by atoms with Crippen LogP contribution in [-0.4, -0.2) is 11.5 Å². The van der Waals surface area contributed by atoms with Crippen LogP contribution in [0.2, 0.25) is 0 Å². The second-order valence-electron chi connectivity index (χ2n) is 6.17. The predicted molar refractivity (Wildman–Crippen MR) is 101 cm³/mol. The lowest BCUT2D eigenvalue weighted by molar-refractivity contribution is -0.432. The number of hydrogen-bond acceptors (Lipinski definition) is 7. The first-order valence-electron chi connectivity index (χ1n) is 8.61. The van der Waals surface area contributed by atoms with E-state index in [1.54, 1.807) is 48.5 Å². The van der Waals surface area contributed by atoms with Crippen LogP contribution in [0.15, 0.2) is 69.3 Å². The highest BCUT2D eigenvalue weighted by Gasteiger charge is 2.42. The smallest absolute Gasteiger partial charge is 0.344 e. The number of nitrogens with zero attached hydrogens (tertiary/aromatic N) is 1. The van der Waals surface area contributed by atoms with E-state index in [0.717, 1.165) is 0 Å². The Bertz CT molecular complexity index is 1160. The Balaban J connectivity index is 1.99. The summed E-state index contributed by atoms with van der Waals surface area (Å²) in [4.78, 5) is 23.9. The highest BCUT2D eigenvalue weighted by atomic mass is 16.6. The van der Waals surface area contributed by atoms with E-state index in [1.807, 2.05) is 6.92 Å². The molecular weight excluding hydrogens is 364 g/mol. The number of para-hydroxylation sites is 1. The molecule has 2 aromatic carbocycles. The van der Waals surface area contributed by atoms with Crippen molar-refractivity contribution in [3.63, 3.8) is 0 Å². The maximum Gasteiger partial charge on any atom is 0.344 e. The number of fused-ring (bicyclic) bond motifs is 3. The summed E-state index contributed by atoms with van der Waals surface area (Å²) in [5.74, 6) is -0.597. The van der Waals surface area contributed by atoms with Gasteiger partial charge in [-0.25, -0.2) is 4.79 Å². The normalized spacial score (nSPS) is 15.8. The van der Waals surface area contributed by atoms with E-state index < -0.39 is 22.2 Å². The first kappa shape index (κ1) is 17.6. The van der Waals surface area contributed by atoms with E-state index in [4.69, 9.17) is 19.6 Å². The molecule has 1 atom stereocenters. The summed E-state index contributed by atoms with van der Waals surface area (Å²) in [6, 6.07) is 13.5. The third kappa shape index (κ3) is 2.75. The molecule has 0 radical (unpaired) electrons. The second-order valence-corrected chi connectivity index (χ2v) is 6.17. The zero-order chi connectivity index (χ0) is 19.8. The van der Waals surface area contributed by atoms with Crippen molar-refractivity contribution in [2.75, 3.05) is 6.61 Å². The molecule has 2 N–H and O–H groups in total. The first-order valence-corrected chi connectivity index (χ1v) is 8.61. The van der Waals surface area contributed by atoms with Crippen molar-refractivity contribution in [2.24, 2.45) is 5.73 Å². The maximum absolute atomic E-state index is 12.7. The average molecular weight is 380 g/mol. The molecule has 142 valence electrons. The fourth-order valence-electron chi connectivity index (χ4n) is 3.38. The Morgan fingerprint density at radius 1 is 1.18 bits per heavy atom. The molecular formula is C20H16N2O6. The fourth-order valence-corrected chi connectivity index (χ4v) is 3.38.